The van der Waals surface area contributed by atoms with Crippen LogP contribution < -0.4 is 16.4 Å². The normalized spacial score (nSPS) is 13.3. The molecule has 0 radical (unpaired) electrons. The number of alkyl halides is 3. The van der Waals surface area contributed by atoms with Crippen molar-refractivity contribution < 1.29 is 27.9 Å². The second kappa shape index (κ2) is 10.5. The van der Waals surface area contributed by atoms with Gasteiger partial charge in [-0.2, -0.15) is 13.2 Å². The van der Waals surface area contributed by atoms with Gasteiger partial charge in [0, 0.05) is 11.3 Å². The Hall–Kier alpha value is -4.38. The van der Waals surface area contributed by atoms with Gasteiger partial charge < -0.3 is 26.5 Å². The molecule has 1 heterocycles. The summed E-state index contributed by atoms with van der Waals surface area (Å²) in [5.74, 6) is -1.20. The number of hydrogen-bond acceptors (Lipinski definition) is 5. The fraction of sp³-hybridized carbons (Fsp3) is 0.222. The highest BCUT2D eigenvalue weighted by Crippen LogP contribution is 2.32. The van der Waals surface area contributed by atoms with Gasteiger partial charge in [-0.25, -0.2) is 4.98 Å². The molecule has 8 nitrogen and oxygen atoms in total. The second-order valence-corrected chi connectivity index (χ2v) is 9.14. The van der Waals surface area contributed by atoms with Crippen molar-refractivity contribution in [3.8, 4) is 0 Å². The molecule has 6 N–H and O–H groups in total. The van der Waals surface area contributed by atoms with E-state index in [0.717, 1.165) is 23.8 Å². The fourth-order valence-corrected chi connectivity index (χ4v) is 3.97. The standard InChI is InChI=1S/C27H26F3N5O3/c1-14(2)15-6-8-16(9-7-15)24(37)35-22(17-4-3-5-18(12-17)27(28,29)30)23(36)25(38)32-19-10-11-20-21(13-19)34-26(31)33-20/h3-14,22-23,36H,1-2H3,(H,32,38)(H,35,37)(H3,31,33,34). The third-order valence-corrected chi connectivity index (χ3v) is 6.05. The van der Waals surface area contributed by atoms with E-state index in [1.807, 2.05) is 13.8 Å². The first kappa shape index (κ1) is 26.7. The first-order valence-corrected chi connectivity index (χ1v) is 11.7. The molecule has 0 aliphatic heterocycles. The summed E-state index contributed by atoms with van der Waals surface area (Å²) in [4.78, 5) is 32.9. The number of anilines is 2. The van der Waals surface area contributed by atoms with E-state index in [4.69, 9.17) is 5.73 Å². The van der Waals surface area contributed by atoms with Crippen molar-refractivity contribution in [1.29, 1.82) is 0 Å². The van der Waals surface area contributed by atoms with Crippen molar-refractivity contribution in [2.75, 3.05) is 11.1 Å². The number of aromatic nitrogens is 2. The van der Waals surface area contributed by atoms with Crippen LogP contribution in [0.4, 0.5) is 24.8 Å². The Labute approximate surface area is 216 Å². The van der Waals surface area contributed by atoms with E-state index in [1.165, 1.54) is 12.1 Å². The maximum Gasteiger partial charge on any atom is 0.416 e. The van der Waals surface area contributed by atoms with Crippen molar-refractivity contribution in [2.24, 2.45) is 0 Å². The van der Waals surface area contributed by atoms with Gasteiger partial charge in [0.25, 0.3) is 11.8 Å². The maximum atomic E-state index is 13.4. The molecule has 2 unspecified atom stereocenters. The summed E-state index contributed by atoms with van der Waals surface area (Å²) >= 11 is 0. The SMILES string of the molecule is CC(C)c1ccc(C(=O)NC(c2cccc(C(F)(F)F)c2)C(O)C(=O)Nc2ccc3[nH]c(N)nc3c2)cc1. The van der Waals surface area contributed by atoms with Crippen LogP contribution in [-0.4, -0.2) is 33.0 Å². The number of aromatic amines is 1. The summed E-state index contributed by atoms with van der Waals surface area (Å²) < 4.78 is 40.2. The van der Waals surface area contributed by atoms with Crippen molar-refractivity contribution in [3.63, 3.8) is 0 Å². The molecule has 2 atom stereocenters. The number of amides is 2. The van der Waals surface area contributed by atoms with E-state index >= 15 is 0 Å². The number of benzene rings is 3. The summed E-state index contributed by atoms with van der Waals surface area (Å²) in [6.45, 7) is 3.99. The van der Waals surface area contributed by atoms with Gasteiger partial charge >= 0.3 is 6.18 Å². The van der Waals surface area contributed by atoms with Crippen molar-refractivity contribution in [1.82, 2.24) is 15.3 Å². The monoisotopic (exact) mass is 525 g/mol. The molecule has 0 spiro atoms. The quantitative estimate of drug-likeness (QED) is 0.237. The highest BCUT2D eigenvalue weighted by Gasteiger charge is 2.34. The molecule has 4 aromatic rings. The minimum Gasteiger partial charge on any atom is -0.381 e. The van der Waals surface area contributed by atoms with Crippen molar-refractivity contribution in [3.05, 3.63) is 89.0 Å². The molecular formula is C27H26F3N5O3. The van der Waals surface area contributed by atoms with Crippen LogP contribution in [0.5, 0.6) is 0 Å². The minimum atomic E-state index is -4.66. The molecule has 0 aliphatic rings. The Bertz CT molecular complexity index is 1470. The second-order valence-electron chi connectivity index (χ2n) is 9.14. The third kappa shape index (κ3) is 5.94. The number of carbonyl (C=O) groups excluding carboxylic acids is 2. The predicted octanol–water partition coefficient (Wildman–Crippen LogP) is 4.76. The Morgan fingerprint density at radius 1 is 1.00 bits per heavy atom. The Balaban J connectivity index is 1.62. The Kier molecular flexibility index (Phi) is 7.40. The van der Waals surface area contributed by atoms with Crippen LogP contribution in [0.15, 0.2) is 66.7 Å². The number of hydrogen-bond donors (Lipinski definition) is 5. The molecule has 2 amide bonds. The fourth-order valence-electron chi connectivity index (χ4n) is 3.97. The van der Waals surface area contributed by atoms with Crippen LogP contribution in [0.1, 0.15) is 52.9 Å². The summed E-state index contributed by atoms with van der Waals surface area (Å²) in [5.41, 5.74) is 7.13. The van der Waals surface area contributed by atoms with Gasteiger partial charge in [-0.05, 0) is 59.5 Å². The number of nitrogen functional groups attached to an aromatic ring is 1. The molecule has 38 heavy (non-hydrogen) atoms. The number of imidazole rings is 1. The number of aliphatic hydroxyl groups excluding tert-OH is 1. The van der Waals surface area contributed by atoms with Crippen LogP contribution in [0, 0.1) is 0 Å². The van der Waals surface area contributed by atoms with Gasteiger partial charge in [-0.3, -0.25) is 9.59 Å². The van der Waals surface area contributed by atoms with E-state index < -0.39 is 35.7 Å². The number of H-pyrrole nitrogens is 1. The first-order valence-electron chi connectivity index (χ1n) is 11.7. The molecule has 4 rings (SSSR count). The van der Waals surface area contributed by atoms with Gasteiger partial charge in [0.2, 0.25) is 0 Å². The molecule has 0 saturated heterocycles. The number of nitrogens with one attached hydrogen (secondary N) is 3. The highest BCUT2D eigenvalue weighted by atomic mass is 19.4. The van der Waals surface area contributed by atoms with Crippen LogP contribution in [0.25, 0.3) is 11.0 Å². The average molecular weight is 526 g/mol. The van der Waals surface area contributed by atoms with Crippen LogP contribution in [-0.2, 0) is 11.0 Å². The average Bonchev–Trinajstić information content (AvgIpc) is 3.25. The smallest absolute Gasteiger partial charge is 0.381 e. The van der Waals surface area contributed by atoms with E-state index in [1.54, 1.807) is 36.4 Å². The summed E-state index contributed by atoms with van der Waals surface area (Å²) in [5, 5.41) is 16.0. The zero-order chi connectivity index (χ0) is 27.6. The van der Waals surface area contributed by atoms with Gasteiger partial charge in [-0.15, -0.1) is 0 Å². The lowest BCUT2D eigenvalue weighted by molar-refractivity contribution is -0.137. The lowest BCUT2D eigenvalue weighted by Crippen LogP contribution is -2.42. The molecule has 0 aliphatic carbocycles. The van der Waals surface area contributed by atoms with E-state index in [-0.39, 0.29) is 28.7 Å². The Morgan fingerprint density at radius 3 is 2.37 bits per heavy atom. The molecule has 3 aromatic carbocycles. The molecular weight excluding hydrogens is 499 g/mol. The molecule has 0 fully saturated rings. The zero-order valence-corrected chi connectivity index (χ0v) is 20.5. The summed E-state index contributed by atoms with van der Waals surface area (Å²) in [6, 6.07) is 14.0. The van der Waals surface area contributed by atoms with E-state index in [0.29, 0.717) is 11.0 Å². The number of nitrogens with zero attached hydrogens (tertiary/aromatic N) is 1. The topological polar surface area (TPSA) is 133 Å². The van der Waals surface area contributed by atoms with Gasteiger partial charge in [0.05, 0.1) is 22.6 Å². The van der Waals surface area contributed by atoms with E-state index in [9.17, 15) is 27.9 Å². The number of nitrogens with two attached hydrogens (primary N) is 1. The third-order valence-electron chi connectivity index (χ3n) is 6.05. The maximum absolute atomic E-state index is 13.4. The number of rotatable bonds is 7. The van der Waals surface area contributed by atoms with Gasteiger partial charge in [0.1, 0.15) is 0 Å². The van der Waals surface area contributed by atoms with Crippen LogP contribution in [0.2, 0.25) is 0 Å². The lowest BCUT2D eigenvalue weighted by Gasteiger charge is -2.25. The predicted molar refractivity (Wildman–Crippen MR) is 137 cm³/mol. The van der Waals surface area contributed by atoms with Crippen LogP contribution in [0.3, 0.4) is 0 Å². The first-order chi connectivity index (χ1) is 17.9. The molecule has 11 heteroatoms. The zero-order valence-electron chi connectivity index (χ0n) is 20.5. The van der Waals surface area contributed by atoms with E-state index in [2.05, 4.69) is 20.6 Å². The molecule has 1 aromatic heterocycles. The number of carbonyl (C=O) groups is 2. The number of fused-ring (bicyclic) bond motifs is 1. The summed E-state index contributed by atoms with van der Waals surface area (Å²) in [7, 11) is 0. The summed E-state index contributed by atoms with van der Waals surface area (Å²) in [6.07, 6.45) is -6.59. The van der Waals surface area contributed by atoms with Crippen molar-refractivity contribution in [2.45, 2.75) is 38.1 Å². The number of halogens is 3. The van der Waals surface area contributed by atoms with Gasteiger partial charge in [0.15, 0.2) is 12.1 Å². The highest BCUT2D eigenvalue weighted by molar-refractivity contribution is 5.98. The lowest BCUT2D eigenvalue weighted by atomic mass is 9.97. The largest absolute Gasteiger partial charge is 0.416 e. The van der Waals surface area contributed by atoms with Crippen molar-refractivity contribution >= 4 is 34.5 Å². The Morgan fingerprint density at radius 2 is 1.71 bits per heavy atom. The molecule has 0 saturated carbocycles. The molecule has 0 bridgehead atoms. The number of aliphatic hydroxyl groups is 1. The molecule has 198 valence electrons. The van der Waals surface area contributed by atoms with Crippen LogP contribution >= 0.6 is 0 Å². The van der Waals surface area contributed by atoms with Gasteiger partial charge in [-0.1, -0.05) is 38.1 Å². The minimum absolute atomic E-state index is 0.0925.